The Bertz CT molecular complexity index is 334. The summed E-state index contributed by atoms with van der Waals surface area (Å²) >= 11 is 0. The van der Waals surface area contributed by atoms with Crippen LogP contribution in [0.15, 0.2) is 4.99 Å². The third-order valence-electron chi connectivity index (χ3n) is 3.67. The van der Waals surface area contributed by atoms with Crippen LogP contribution in [0.5, 0.6) is 0 Å². The van der Waals surface area contributed by atoms with Gasteiger partial charge in [-0.1, -0.05) is 13.8 Å². The van der Waals surface area contributed by atoms with Gasteiger partial charge in [0.1, 0.15) is 0 Å². The van der Waals surface area contributed by atoms with E-state index in [1.54, 1.807) is 0 Å². The smallest absolute Gasteiger partial charge is 0.357 e. The summed E-state index contributed by atoms with van der Waals surface area (Å²) in [5, 5.41) is 6.09. The van der Waals surface area contributed by atoms with E-state index in [1.807, 2.05) is 6.92 Å². The first-order valence-corrected chi connectivity index (χ1v) is 8.11. The summed E-state index contributed by atoms with van der Waals surface area (Å²) in [6.07, 6.45) is -3.77. The molecule has 0 radical (unpaired) electrons. The molecule has 7 heteroatoms. The normalized spacial score (nSPS) is 24.4. The van der Waals surface area contributed by atoms with E-state index in [0.29, 0.717) is 30.9 Å². The summed E-state index contributed by atoms with van der Waals surface area (Å²) in [4.78, 5) is 6.38. The van der Waals surface area contributed by atoms with Gasteiger partial charge in [0.2, 0.25) is 0 Å². The molecule has 0 aliphatic carbocycles. The second-order valence-electron chi connectivity index (χ2n) is 6.26. The molecule has 0 aromatic carbocycles. The fourth-order valence-electron chi connectivity index (χ4n) is 2.94. The van der Waals surface area contributed by atoms with Crippen LogP contribution in [0.4, 0.5) is 13.2 Å². The second-order valence-corrected chi connectivity index (χ2v) is 6.26. The number of aliphatic imine (C=N–C) groups is 1. The Labute approximate surface area is 131 Å². The van der Waals surface area contributed by atoms with E-state index in [-0.39, 0.29) is 6.54 Å². The zero-order valence-corrected chi connectivity index (χ0v) is 13.8. The number of piperidine rings is 1. The molecule has 2 N–H and O–H groups in total. The maximum Gasteiger partial charge on any atom is 0.390 e. The first kappa shape index (κ1) is 19.1. The molecule has 0 amide bonds. The highest BCUT2D eigenvalue weighted by Crippen LogP contribution is 2.20. The molecule has 1 aliphatic rings. The number of hydrogen-bond acceptors (Lipinski definition) is 2. The van der Waals surface area contributed by atoms with Crippen molar-refractivity contribution in [3.05, 3.63) is 0 Å². The van der Waals surface area contributed by atoms with Gasteiger partial charge in [-0.15, -0.1) is 0 Å². The predicted octanol–water partition coefficient (Wildman–Crippen LogP) is 2.47. The number of likely N-dealkylation sites (tertiary alicyclic amines) is 1. The number of guanidine groups is 1. The number of hydrogen-bond donors (Lipinski definition) is 2. The molecule has 0 bridgehead atoms. The van der Waals surface area contributed by atoms with Gasteiger partial charge in [-0.25, -0.2) is 0 Å². The van der Waals surface area contributed by atoms with Gasteiger partial charge in [-0.3, -0.25) is 4.99 Å². The molecule has 2 unspecified atom stereocenters. The number of halogens is 3. The average Bonchev–Trinajstić information content (AvgIpc) is 2.36. The van der Waals surface area contributed by atoms with Crippen LogP contribution >= 0.6 is 0 Å². The van der Waals surface area contributed by atoms with Crippen molar-refractivity contribution < 1.29 is 13.2 Å². The molecule has 22 heavy (non-hydrogen) atoms. The summed E-state index contributed by atoms with van der Waals surface area (Å²) in [6.45, 7) is 10.6. The largest absolute Gasteiger partial charge is 0.390 e. The third kappa shape index (κ3) is 8.46. The van der Waals surface area contributed by atoms with E-state index in [1.165, 1.54) is 6.42 Å². The fourth-order valence-corrected chi connectivity index (χ4v) is 2.94. The summed E-state index contributed by atoms with van der Waals surface area (Å²) in [5.74, 6) is 1.87. The second kappa shape index (κ2) is 9.22. The average molecular weight is 322 g/mol. The minimum absolute atomic E-state index is 0.239. The maximum absolute atomic E-state index is 12.1. The van der Waals surface area contributed by atoms with Crippen LogP contribution in [0.2, 0.25) is 0 Å². The topological polar surface area (TPSA) is 39.7 Å². The van der Waals surface area contributed by atoms with Crippen LogP contribution in [-0.4, -0.2) is 56.3 Å². The number of alkyl halides is 3. The minimum Gasteiger partial charge on any atom is -0.357 e. The quantitative estimate of drug-likeness (QED) is 0.583. The predicted molar refractivity (Wildman–Crippen MR) is 84.0 cm³/mol. The molecule has 4 nitrogen and oxygen atoms in total. The molecule has 0 aromatic rings. The Morgan fingerprint density at radius 1 is 1.18 bits per heavy atom. The van der Waals surface area contributed by atoms with Crippen molar-refractivity contribution in [2.24, 2.45) is 16.8 Å². The van der Waals surface area contributed by atoms with Crippen LogP contribution < -0.4 is 10.6 Å². The van der Waals surface area contributed by atoms with E-state index < -0.39 is 12.6 Å². The zero-order valence-electron chi connectivity index (χ0n) is 13.8. The Morgan fingerprint density at radius 3 is 2.36 bits per heavy atom. The molecule has 1 fully saturated rings. The molecule has 0 aromatic heterocycles. The van der Waals surface area contributed by atoms with Crippen molar-refractivity contribution in [2.45, 2.75) is 39.8 Å². The lowest BCUT2D eigenvalue weighted by Crippen LogP contribution is -2.45. The number of nitrogens with one attached hydrogen (secondary N) is 2. The fraction of sp³-hybridized carbons (Fsp3) is 0.933. The van der Waals surface area contributed by atoms with E-state index in [2.05, 4.69) is 34.4 Å². The van der Waals surface area contributed by atoms with E-state index in [0.717, 1.165) is 19.6 Å². The highest BCUT2D eigenvalue weighted by atomic mass is 19.4. The highest BCUT2D eigenvalue weighted by molar-refractivity contribution is 5.79. The molecular formula is C15H29F3N4. The Kier molecular flexibility index (Phi) is 8.00. The van der Waals surface area contributed by atoms with Gasteiger partial charge < -0.3 is 15.5 Å². The van der Waals surface area contributed by atoms with Crippen molar-refractivity contribution in [1.29, 1.82) is 0 Å². The lowest BCUT2D eigenvalue weighted by molar-refractivity contribution is -0.132. The lowest BCUT2D eigenvalue weighted by Gasteiger charge is -2.35. The molecule has 1 heterocycles. The van der Waals surface area contributed by atoms with Gasteiger partial charge in [0.05, 0.1) is 13.0 Å². The monoisotopic (exact) mass is 322 g/mol. The molecule has 1 aliphatic heterocycles. The van der Waals surface area contributed by atoms with Gasteiger partial charge in [-0.2, -0.15) is 13.2 Å². The molecule has 0 spiro atoms. The van der Waals surface area contributed by atoms with Gasteiger partial charge in [-0.05, 0) is 25.2 Å². The summed E-state index contributed by atoms with van der Waals surface area (Å²) < 4.78 is 36.4. The molecule has 2 atom stereocenters. The SMILES string of the molecule is CCNC(=NCCC(F)(F)F)NCCN1CC(C)CC(C)C1. The van der Waals surface area contributed by atoms with Crippen LogP contribution in [0, 0.1) is 11.8 Å². The molecule has 0 saturated carbocycles. The van der Waals surface area contributed by atoms with E-state index in [4.69, 9.17) is 0 Å². The van der Waals surface area contributed by atoms with Crippen LogP contribution in [0.1, 0.15) is 33.6 Å². The van der Waals surface area contributed by atoms with Crippen LogP contribution in [-0.2, 0) is 0 Å². The summed E-state index contributed by atoms with van der Waals surface area (Å²) in [7, 11) is 0. The van der Waals surface area contributed by atoms with E-state index >= 15 is 0 Å². The highest BCUT2D eigenvalue weighted by Gasteiger charge is 2.26. The maximum atomic E-state index is 12.1. The molecular weight excluding hydrogens is 293 g/mol. The first-order chi connectivity index (χ1) is 10.3. The van der Waals surface area contributed by atoms with Crippen LogP contribution in [0.25, 0.3) is 0 Å². The minimum atomic E-state index is -4.15. The van der Waals surface area contributed by atoms with Gasteiger partial charge in [0.25, 0.3) is 0 Å². The van der Waals surface area contributed by atoms with Gasteiger partial charge in [0.15, 0.2) is 5.96 Å². The van der Waals surface area contributed by atoms with Crippen molar-refractivity contribution in [2.75, 3.05) is 39.3 Å². The zero-order chi connectivity index (χ0) is 16.6. The van der Waals surface area contributed by atoms with Gasteiger partial charge in [0, 0.05) is 32.7 Å². The molecule has 1 saturated heterocycles. The number of nitrogens with zero attached hydrogens (tertiary/aromatic N) is 2. The van der Waals surface area contributed by atoms with Crippen molar-refractivity contribution in [3.8, 4) is 0 Å². The third-order valence-corrected chi connectivity index (χ3v) is 3.67. The Hall–Kier alpha value is -0.980. The lowest BCUT2D eigenvalue weighted by atomic mass is 9.92. The molecule has 130 valence electrons. The van der Waals surface area contributed by atoms with Crippen molar-refractivity contribution in [1.82, 2.24) is 15.5 Å². The Morgan fingerprint density at radius 2 is 1.82 bits per heavy atom. The van der Waals surface area contributed by atoms with Crippen molar-refractivity contribution in [3.63, 3.8) is 0 Å². The standard InChI is InChI=1S/C15H29F3N4/c1-4-19-14(20-6-5-15(16,17)18)21-7-8-22-10-12(2)9-13(3)11-22/h12-13H,4-11H2,1-3H3,(H2,19,20,21). The van der Waals surface area contributed by atoms with Gasteiger partial charge >= 0.3 is 6.18 Å². The Balaban J connectivity index is 2.32. The molecule has 1 rings (SSSR count). The number of rotatable bonds is 6. The first-order valence-electron chi connectivity index (χ1n) is 8.11. The summed E-state index contributed by atoms with van der Waals surface area (Å²) in [5.41, 5.74) is 0. The summed E-state index contributed by atoms with van der Waals surface area (Å²) in [6, 6.07) is 0. The van der Waals surface area contributed by atoms with Crippen molar-refractivity contribution >= 4 is 5.96 Å². The van der Waals surface area contributed by atoms with E-state index in [9.17, 15) is 13.2 Å². The van der Waals surface area contributed by atoms with Crippen LogP contribution in [0.3, 0.4) is 0 Å².